The normalized spacial score (nSPS) is 13.0. The van der Waals surface area contributed by atoms with Gasteiger partial charge in [-0.2, -0.15) is 0 Å². The molecule has 0 bridgehead atoms. The number of para-hydroxylation sites is 1. The number of carbonyl (C=O) groups is 1. The number of amides is 1. The molecule has 0 spiro atoms. The molecule has 0 aliphatic carbocycles. The lowest BCUT2D eigenvalue weighted by Gasteiger charge is -2.15. The van der Waals surface area contributed by atoms with E-state index in [1.54, 1.807) is 30.6 Å². The Labute approximate surface area is 195 Å². The summed E-state index contributed by atoms with van der Waals surface area (Å²) in [5.74, 6) is 1.81. The van der Waals surface area contributed by atoms with E-state index >= 15 is 0 Å². The number of aryl methyl sites for hydroxylation is 1. The Bertz CT molecular complexity index is 1310. The van der Waals surface area contributed by atoms with Crippen molar-refractivity contribution < 1.29 is 14.3 Å². The molecule has 33 heavy (non-hydrogen) atoms. The number of hydrogen-bond acceptors (Lipinski definition) is 7. The molecule has 0 saturated carbocycles. The molecule has 0 fully saturated rings. The van der Waals surface area contributed by atoms with E-state index in [4.69, 9.17) is 9.47 Å². The van der Waals surface area contributed by atoms with Crippen LogP contribution in [0.3, 0.4) is 0 Å². The van der Waals surface area contributed by atoms with Gasteiger partial charge in [-0.25, -0.2) is 0 Å². The molecule has 1 N–H and O–H groups in total. The Morgan fingerprint density at radius 1 is 1.09 bits per heavy atom. The van der Waals surface area contributed by atoms with E-state index in [9.17, 15) is 4.79 Å². The number of pyridine rings is 1. The number of ether oxygens (including phenoxy) is 2. The number of fused-ring (bicyclic) bond motifs is 1. The second-order valence-electron chi connectivity index (χ2n) is 7.49. The Balaban J connectivity index is 1.42. The Kier molecular flexibility index (Phi) is 5.70. The lowest BCUT2D eigenvalue weighted by atomic mass is 10.2. The predicted octanol–water partition coefficient (Wildman–Crippen LogP) is 4.49. The van der Waals surface area contributed by atoms with E-state index in [1.807, 2.05) is 54.8 Å². The first-order valence-corrected chi connectivity index (χ1v) is 11.3. The van der Waals surface area contributed by atoms with Gasteiger partial charge in [-0.05, 0) is 49.7 Å². The van der Waals surface area contributed by atoms with Crippen LogP contribution < -0.4 is 14.8 Å². The van der Waals surface area contributed by atoms with Crippen LogP contribution in [0.15, 0.2) is 72.1 Å². The molecule has 4 aromatic rings. The second kappa shape index (κ2) is 8.95. The minimum atomic E-state index is -0.427. The lowest BCUT2D eigenvalue weighted by molar-refractivity contribution is -0.115. The summed E-state index contributed by atoms with van der Waals surface area (Å²) in [5, 5.41) is 12.0. The molecule has 0 saturated heterocycles. The predicted molar refractivity (Wildman–Crippen MR) is 126 cm³/mol. The topological polar surface area (TPSA) is 91.2 Å². The van der Waals surface area contributed by atoms with Crippen molar-refractivity contribution in [2.45, 2.75) is 24.3 Å². The standard InChI is InChI=1S/C24H21N5O3S/c1-15-6-3-4-8-19(15)29-22(17-7-5-11-25-13-17)27-28-24(29)33-16(2)23(30)26-18-9-10-20-21(12-18)32-14-31-20/h3-13,16H,14H2,1-2H3,(H,26,30). The number of aromatic nitrogens is 4. The summed E-state index contributed by atoms with van der Waals surface area (Å²) < 4.78 is 12.7. The van der Waals surface area contributed by atoms with Crippen LogP contribution in [0.2, 0.25) is 0 Å². The van der Waals surface area contributed by atoms with Gasteiger partial charge >= 0.3 is 0 Å². The first kappa shape index (κ1) is 21.0. The molecular formula is C24H21N5O3S. The van der Waals surface area contributed by atoms with Crippen LogP contribution in [0.4, 0.5) is 5.69 Å². The van der Waals surface area contributed by atoms with E-state index < -0.39 is 5.25 Å². The maximum absolute atomic E-state index is 12.9. The molecule has 9 heteroatoms. The highest BCUT2D eigenvalue weighted by Gasteiger charge is 2.23. The van der Waals surface area contributed by atoms with Gasteiger partial charge in [-0.15, -0.1) is 10.2 Å². The maximum atomic E-state index is 12.9. The zero-order chi connectivity index (χ0) is 22.8. The molecule has 1 aliphatic heterocycles. The van der Waals surface area contributed by atoms with Crippen molar-refractivity contribution >= 4 is 23.4 Å². The fraction of sp³-hybridized carbons (Fsp3) is 0.167. The largest absolute Gasteiger partial charge is 0.454 e. The van der Waals surface area contributed by atoms with Crippen LogP contribution in [0.1, 0.15) is 12.5 Å². The van der Waals surface area contributed by atoms with Gasteiger partial charge in [0, 0.05) is 29.7 Å². The zero-order valence-electron chi connectivity index (χ0n) is 18.1. The van der Waals surface area contributed by atoms with Crippen LogP contribution in [0.25, 0.3) is 17.1 Å². The van der Waals surface area contributed by atoms with Gasteiger partial charge in [0.25, 0.3) is 0 Å². The third kappa shape index (κ3) is 4.27. The van der Waals surface area contributed by atoms with Gasteiger partial charge in [-0.1, -0.05) is 30.0 Å². The monoisotopic (exact) mass is 459 g/mol. The van der Waals surface area contributed by atoms with Crippen LogP contribution in [0, 0.1) is 6.92 Å². The quantitative estimate of drug-likeness (QED) is 0.425. The molecule has 1 unspecified atom stereocenters. The molecule has 8 nitrogen and oxygen atoms in total. The van der Waals surface area contributed by atoms with E-state index in [0.29, 0.717) is 28.2 Å². The summed E-state index contributed by atoms with van der Waals surface area (Å²) in [4.78, 5) is 17.2. The van der Waals surface area contributed by atoms with Gasteiger partial charge in [0.1, 0.15) is 0 Å². The highest BCUT2D eigenvalue weighted by Crippen LogP contribution is 2.35. The van der Waals surface area contributed by atoms with Crippen LogP contribution in [0.5, 0.6) is 11.5 Å². The number of hydrogen-bond donors (Lipinski definition) is 1. The molecule has 2 aromatic carbocycles. The minimum Gasteiger partial charge on any atom is -0.454 e. The van der Waals surface area contributed by atoms with E-state index in [-0.39, 0.29) is 12.7 Å². The molecule has 1 atom stereocenters. The van der Waals surface area contributed by atoms with Gasteiger partial charge < -0.3 is 14.8 Å². The Morgan fingerprint density at radius 2 is 1.94 bits per heavy atom. The fourth-order valence-corrected chi connectivity index (χ4v) is 4.35. The minimum absolute atomic E-state index is 0.152. The number of rotatable bonds is 6. The van der Waals surface area contributed by atoms with Crippen LogP contribution in [-0.4, -0.2) is 37.7 Å². The van der Waals surface area contributed by atoms with Crippen LogP contribution in [-0.2, 0) is 4.79 Å². The second-order valence-corrected chi connectivity index (χ2v) is 8.80. The first-order chi connectivity index (χ1) is 16.1. The molecule has 0 radical (unpaired) electrons. The van der Waals surface area contributed by atoms with Crippen molar-refractivity contribution in [3.05, 3.63) is 72.6 Å². The SMILES string of the molecule is Cc1ccccc1-n1c(SC(C)C(=O)Nc2ccc3c(c2)OCO3)nnc1-c1cccnc1. The smallest absolute Gasteiger partial charge is 0.237 e. The summed E-state index contributed by atoms with van der Waals surface area (Å²) in [7, 11) is 0. The van der Waals surface area contributed by atoms with E-state index in [1.165, 1.54) is 11.8 Å². The Hall–Kier alpha value is -3.85. The van der Waals surface area contributed by atoms with Crippen molar-refractivity contribution in [1.29, 1.82) is 0 Å². The molecule has 1 amide bonds. The van der Waals surface area contributed by atoms with Gasteiger partial charge in [0.2, 0.25) is 12.7 Å². The summed E-state index contributed by atoms with van der Waals surface area (Å²) >= 11 is 1.34. The number of benzene rings is 2. The van der Waals surface area contributed by atoms with Gasteiger partial charge in [0.15, 0.2) is 22.5 Å². The summed E-state index contributed by atoms with van der Waals surface area (Å²) in [6.45, 7) is 4.06. The van der Waals surface area contributed by atoms with Gasteiger partial charge in [0.05, 0.1) is 10.9 Å². The Morgan fingerprint density at radius 3 is 2.76 bits per heavy atom. The van der Waals surface area contributed by atoms with Crippen molar-refractivity contribution in [1.82, 2.24) is 19.7 Å². The molecule has 5 rings (SSSR count). The van der Waals surface area contributed by atoms with E-state index in [0.717, 1.165) is 16.8 Å². The highest BCUT2D eigenvalue weighted by molar-refractivity contribution is 8.00. The van der Waals surface area contributed by atoms with Crippen molar-refractivity contribution in [2.24, 2.45) is 0 Å². The summed E-state index contributed by atoms with van der Waals surface area (Å²) in [6, 6.07) is 17.1. The molecule has 3 heterocycles. The van der Waals surface area contributed by atoms with Crippen LogP contribution >= 0.6 is 11.8 Å². The third-order valence-electron chi connectivity index (χ3n) is 5.20. The lowest BCUT2D eigenvalue weighted by Crippen LogP contribution is -2.23. The van der Waals surface area contributed by atoms with E-state index in [2.05, 4.69) is 20.5 Å². The number of nitrogens with one attached hydrogen (secondary N) is 1. The molecule has 1 aliphatic rings. The number of carbonyl (C=O) groups excluding carboxylic acids is 1. The number of thioether (sulfide) groups is 1. The number of nitrogens with zero attached hydrogens (tertiary/aromatic N) is 4. The fourth-order valence-electron chi connectivity index (χ4n) is 3.49. The van der Waals surface area contributed by atoms with Gasteiger partial charge in [-0.3, -0.25) is 14.3 Å². The summed E-state index contributed by atoms with van der Waals surface area (Å²) in [6.07, 6.45) is 3.47. The van der Waals surface area contributed by atoms with Crippen molar-refractivity contribution in [3.8, 4) is 28.6 Å². The first-order valence-electron chi connectivity index (χ1n) is 10.4. The molecule has 166 valence electrons. The average Bonchev–Trinajstić information content (AvgIpc) is 3.46. The number of anilines is 1. The zero-order valence-corrected chi connectivity index (χ0v) is 18.9. The summed E-state index contributed by atoms with van der Waals surface area (Å²) in [5.41, 5.74) is 3.51. The molecule has 2 aromatic heterocycles. The maximum Gasteiger partial charge on any atom is 0.237 e. The van der Waals surface area contributed by atoms with Crippen molar-refractivity contribution in [2.75, 3.05) is 12.1 Å². The average molecular weight is 460 g/mol. The third-order valence-corrected chi connectivity index (χ3v) is 6.24. The van der Waals surface area contributed by atoms with Crippen molar-refractivity contribution in [3.63, 3.8) is 0 Å². The molecular weight excluding hydrogens is 438 g/mol. The highest BCUT2D eigenvalue weighted by atomic mass is 32.2.